The van der Waals surface area contributed by atoms with Crippen molar-refractivity contribution < 1.29 is 35.1 Å². The third-order valence-corrected chi connectivity index (χ3v) is 1.79. The molecule has 5 N–H and O–H groups in total. The van der Waals surface area contributed by atoms with E-state index in [9.17, 15) is 15.0 Å². The standard InChI is InChI=1S/C8H16O7/c1-4(11)15-8(6(13)3-10)7(14)5(12)2-9/h5-10,12-14H,2-3H2,1H3/t5-,6-,7-,8-/m1/s1. The topological polar surface area (TPSA) is 127 Å². The second-order valence-electron chi connectivity index (χ2n) is 3.06. The Morgan fingerprint density at radius 2 is 1.60 bits per heavy atom. The highest BCUT2D eigenvalue weighted by atomic mass is 16.6. The number of carbonyl (C=O) groups excluding carboxylic acids is 1. The summed E-state index contributed by atoms with van der Waals surface area (Å²) < 4.78 is 4.52. The molecule has 0 aliphatic rings. The number of ether oxygens (including phenoxy) is 1. The Balaban J connectivity index is 4.53. The van der Waals surface area contributed by atoms with Gasteiger partial charge in [-0.3, -0.25) is 4.79 Å². The predicted octanol–water partition coefficient (Wildman–Crippen LogP) is -3.01. The second-order valence-corrected chi connectivity index (χ2v) is 3.06. The van der Waals surface area contributed by atoms with E-state index in [1.165, 1.54) is 0 Å². The van der Waals surface area contributed by atoms with Gasteiger partial charge in [0.15, 0.2) is 6.10 Å². The number of carbonyl (C=O) groups is 1. The minimum absolute atomic E-state index is 0.743. The first-order valence-electron chi connectivity index (χ1n) is 4.37. The van der Waals surface area contributed by atoms with E-state index < -0.39 is 43.6 Å². The lowest BCUT2D eigenvalue weighted by Crippen LogP contribution is -2.49. The molecule has 0 saturated heterocycles. The molecule has 0 heterocycles. The molecular weight excluding hydrogens is 208 g/mol. The molecule has 0 rings (SSSR count). The Bertz CT molecular complexity index is 195. The van der Waals surface area contributed by atoms with Crippen molar-refractivity contribution in [3.63, 3.8) is 0 Å². The van der Waals surface area contributed by atoms with Crippen LogP contribution in [0.1, 0.15) is 6.92 Å². The summed E-state index contributed by atoms with van der Waals surface area (Å²) in [5.41, 5.74) is 0. The number of hydrogen-bond acceptors (Lipinski definition) is 7. The quantitative estimate of drug-likeness (QED) is 0.304. The van der Waals surface area contributed by atoms with Crippen molar-refractivity contribution in [3.05, 3.63) is 0 Å². The minimum Gasteiger partial charge on any atom is -0.457 e. The fourth-order valence-corrected chi connectivity index (χ4v) is 0.998. The number of esters is 1. The predicted molar refractivity (Wildman–Crippen MR) is 47.7 cm³/mol. The molecule has 0 aromatic rings. The van der Waals surface area contributed by atoms with Crippen molar-refractivity contribution in [1.29, 1.82) is 0 Å². The molecule has 0 aromatic heterocycles. The molecule has 90 valence electrons. The zero-order chi connectivity index (χ0) is 12.0. The Labute approximate surface area is 86.5 Å². The Kier molecular flexibility index (Phi) is 6.37. The third-order valence-electron chi connectivity index (χ3n) is 1.79. The first kappa shape index (κ1) is 14.3. The molecule has 0 aliphatic carbocycles. The summed E-state index contributed by atoms with van der Waals surface area (Å²) in [5, 5.41) is 44.8. The van der Waals surface area contributed by atoms with E-state index in [0.717, 1.165) is 6.92 Å². The van der Waals surface area contributed by atoms with Gasteiger partial charge in [-0.2, -0.15) is 0 Å². The molecule has 0 unspecified atom stereocenters. The van der Waals surface area contributed by atoms with E-state index in [2.05, 4.69) is 4.74 Å². The van der Waals surface area contributed by atoms with Gasteiger partial charge in [0, 0.05) is 6.92 Å². The van der Waals surface area contributed by atoms with E-state index in [-0.39, 0.29) is 0 Å². The fourth-order valence-electron chi connectivity index (χ4n) is 0.998. The molecule has 15 heavy (non-hydrogen) atoms. The molecule has 7 nitrogen and oxygen atoms in total. The van der Waals surface area contributed by atoms with Crippen LogP contribution in [0.4, 0.5) is 0 Å². The maximum Gasteiger partial charge on any atom is 0.303 e. The van der Waals surface area contributed by atoms with Gasteiger partial charge in [-0.15, -0.1) is 0 Å². The van der Waals surface area contributed by atoms with Crippen LogP contribution in [-0.2, 0) is 9.53 Å². The van der Waals surface area contributed by atoms with Gasteiger partial charge in [-0.25, -0.2) is 0 Å². The highest BCUT2D eigenvalue weighted by Crippen LogP contribution is 2.09. The lowest BCUT2D eigenvalue weighted by Gasteiger charge is -2.28. The summed E-state index contributed by atoms with van der Waals surface area (Å²) >= 11 is 0. The van der Waals surface area contributed by atoms with Gasteiger partial charge in [0.1, 0.15) is 18.3 Å². The van der Waals surface area contributed by atoms with E-state index in [0.29, 0.717) is 0 Å². The molecule has 0 aliphatic heterocycles. The molecule has 0 saturated carbocycles. The van der Waals surface area contributed by atoms with Crippen LogP contribution in [-0.4, -0.2) is 69.1 Å². The van der Waals surface area contributed by atoms with Crippen LogP contribution < -0.4 is 0 Å². The number of aliphatic hydroxyl groups is 5. The van der Waals surface area contributed by atoms with Gasteiger partial charge < -0.3 is 30.3 Å². The van der Waals surface area contributed by atoms with Crippen molar-refractivity contribution in [2.24, 2.45) is 0 Å². The van der Waals surface area contributed by atoms with E-state index in [4.69, 9.17) is 15.3 Å². The maximum atomic E-state index is 10.6. The van der Waals surface area contributed by atoms with Crippen molar-refractivity contribution >= 4 is 5.97 Å². The largest absolute Gasteiger partial charge is 0.457 e. The second kappa shape index (κ2) is 6.70. The highest BCUT2D eigenvalue weighted by molar-refractivity contribution is 5.66. The lowest BCUT2D eigenvalue weighted by molar-refractivity contribution is -0.174. The van der Waals surface area contributed by atoms with Crippen LogP contribution in [0.2, 0.25) is 0 Å². The molecule has 0 radical (unpaired) electrons. The number of hydrogen-bond donors (Lipinski definition) is 5. The zero-order valence-electron chi connectivity index (χ0n) is 8.28. The lowest BCUT2D eigenvalue weighted by atomic mass is 10.0. The summed E-state index contributed by atoms with van der Waals surface area (Å²) in [6.45, 7) is -0.445. The zero-order valence-corrected chi connectivity index (χ0v) is 8.28. The van der Waals surface area contributed by atoms with Gasteiger partial charge >= 0.3 is 5.97 Å². The highest BCUT2D eigenvalue weighted by Gasteiger charge is 2.33. The Morgan fingerprint density at radius 3 is 1.93 bits per heavy atom. The van der Waals surface area contributed by atoms with Crippen LogP contribution >= 0.6 is 0 Å². The summed E-state index contributed by atoms with van der Waals surface area (Å²) in [7, 11) is 0. The summed E-state index contributed by atoms with van der Waals surface area (Å²) in [5.74, 6) is -0.781. The third kappa shape index (κ3) is 4.54. The first-order valence-corrected chi connectivity index (χ1v) is 4.37. The van der Waals surface area contributed by atoms with Gasteiger partial charge in [0.2, 0.25) is 0 Å². The van der Waals surface area contributed by atoms with Gasteiger partial charge in [0.25, 0.3) is 0 Å². The molecule has 0 aromatic carbocycles. The van der Waals surface area contributed by atoms with Crippen molar-refractivity contribution in [2.75, 3.05) is 13.2 Å². The van der Waals surface area contributed by atoms with Crippen LogP contribution in [0.25, 0.3) is 0 Å². The number of aliphatic hydroxyl groups excluding tert-OH is 5. The molecule has 0 spiro atoms. The van der Waals surface area contributed by atoms with Crippen LogP contribution in [0.5, 0.6) is 0 Å². The van der Waals surface area contributed by atoms with Crippen LogP contribution in [0, 0.1) is 0 Å². The van der Waals surface area contributed by atoms with E-state index in [1.807, 2.05) is 0 Å². The van der Waals surface area contributed by atoms with E-state index in [1.54, 1.807) is 0 Å². The molecule has 7 heteroatoms. The summed E-state index contributed by atoms with van der Waals surface area (Å²) in [6, 6.07) is 0. The normalized spacial score (nSPS) is 19.1. The summed E-state index contributed by atoms with van der Waals surface area (Å²) in [6.07, 6.45) is -6.23. The van der Waals surface area contributed by atoms with Crippen molar-refractivity contribution in [1.82, 2.24) is 0 Å². The van der Waals surface area contributed by atoms with Crippen LogP contribution in [0.15, 0.2) is 0 Å². The average Bonchev–Trinajstić information content (AvgIpc) is 2.22. The monoisotopic (exact) mass is 224 g/mol. The maximum absolute atomic E-state index is 10.6. The smallest absolute Gasteiger partial charge is 0.303 e. The molecular formula is C8H16O7. The SMILES string of the molecule is CC(=O)O[C@@H]([C@H](O)[C@H](O)CO)[C@H](O)CO. The van der Waals surface area contributed by atoms with Gasteiger partial charge in [-0.05, 0) is 0 Å². The summed E-state index contributed by atoms with van der Waals surface area (Å²) in [4.78, 5) is 10.6. The Hall–Kier alpha value is -0.730. The molecule has 4 atom stereocenters. The molecule has 0 amide bonds. The van der Waals surface area contributed by atoms with Crippen molar-refractivity contribution in [3.8, 4) is 0 Å². The molecule has 0 bridgehead atoms. The average molecular weight is 224 g/mol. The first-order chi connectivity index (χ1) is 6.93. The van der Waals surface area contributed by atoms with Gasteiger partial charge in [0.05, 0.1) is 13.2 Å². The van der Waals surface area contributed by atoms with Crippen molar-refractivity contribution in [2.45, 2.75) is 31.3 Å². The van der Waals surface area contributed by atoms with Crippen LogP contribution in [0.3, 0.4) is 0 Å². The Morgan fingerprint density at radius 1 is 1.13 bits per heavy atom. The minimum atomic E-state index is -1.67. The van der Waals surface area contributed by atoms with Gasteiger partial charge in [-0.1, -0.05) is 0 Å². The number of rotatable bonds is 6. The van der Waals surface area contributed by atoms with E-state index >= 15 is 0 Å². The fraction of sp³-hybridized carbons (Fsp3) is 0.875. The molecule has 0 fully saturated rings.